The highest BCUT2D eigenvalue weighted by Gasteiger charge is 2.41. The van der Waals surface area contributed by atoms with Gasteiger partial charge in [-0.25, -0.2) is 4.79 Å². The maximum Gasteiger partial charge on any atom is 0.330 e. The van der Waals surface area contributed by atoms with E-state index in [0.29, 0.717) is 32.7 Å². The average molecular weight is 760 g/mol. The summed E-state index contributed by atoms with van der Waals surface area (Å²) in [5.74, 6) is -0.760. The van der Waals surface area contributed by atoms with Gasteiger partial charge in [0.25, 0.3) is 0 Å². The molecule has 0 spiro atoms. The summed E-state index contributed by atoms with van der Waals surface area (Å²) < 4.78 is 37.1. The molecule has 1 N–H and O–H groups in total. The van der Waals surface area contributed by atoms with Crippen LogP contribution in [-0.2, 0) is 57.8 Å². The fraction of sp³-hybridized carbons (Fsp3) is 0.565. The molecule has 1 saturated heterocycles. The van der Waals surface area contributed by atoms with Crippen molar-refractivity contribution in [1.29, 1.82) is 0 Å². The Hall–Kier alpha value is -3.60. The van der Waals surface area contributed by atoms with Gasteiger partial charge < -0.3 is 33.7 Å². The summed E-state index contributed by atoms with van der Waals surface area (Å²) in [5, 5.41) is 2.84. The van der Waals surface area contributed by atoms with Crippen LogP contribution in [0, 0.1) is 0 Å². The Kier molecular flexibility index (Phi) is 21.7. The molecule has 0 bridgehead atoms. The molecule has 0 aromatic heterocycles. The van der Waals surface area contributed by atoms with E-state index in [9.17, 15) is 9.59 Å². The molecule has 0 radical (unpaired) electrons. The first kappa shape index (κ1) is 44.1. The van der Waals surface area contributed by atoms with E-state index in [0.717, 1.165) is 36.0 Å². The molecule has 0 unspecified atom stereocenters. The normalized spacial score (nSPS) is 18.8. The lowest BCUT2D eigenvalue weighted by Crippen LogP contribution is -2.54. The van der Waals surface area contributed by atoms with Gasteiger partial charge in [0.1, 0.15) is 12.2 Å². The standard InChI is InChI=1S/C46H65NO8/c1-3-4-5-6-7-8-9-10-11-12-13-23-30-43(48)47-40(46(49)50-2)35-53-44-31-41(52-33-38-26-19-15-20-27-38)45(54-34-39-28-21-16-22-29-39)42(55-44)36-51-32-37-24-17-14-18-25-37/h14-22,24-29,40-42,44-45H,3-13,23,30-36H2,1-2H3,(H,47,48)/t40-,41+,42+,44-,45+/m0/s1. The summed E-state index contributed by atoms with van der Waals surface area (Å²) in [4.78, 5) is 25.7. The molecule has 4 rings (SSSR count). The second-order valence-electron chi connectivity index (χ2n) is 14.6. The first-order valence-corrected chi connectivity index (χ1v) is 20.6. The number of unbranched alkanes of at least 4 members (excludes halogenated alkanes) is 11. The Morgan fingerprint density at radius 1 is 0.673 bits per heavy atom. The van der Waals surface area contributed by atoms with E-state index < -0.39 is 36.6 Å². The predicted octanol–water partition coefficient (Wildman–Crippen LogP) is 9.25. The molecule has 3 aromatic rings. The van der Waals surface area contributed by atoms with Gasteiger partial charge >= 0.3 is 5.97 Å². The molecule has 3 aromatic carbocycles. The average Bonchev–Trinajstić information content (AvgIpc) is 3.22. The smallest absolute Gasteiger partial charge is 0.330 e. The first-order chi connectivity index (χ1) is 27.1. The third-order valence-corrected chi connectivity index (χ3v) is 10.00. The summed E-state index contributed by atoms with van der Waals surface area (Å²) in [6.07, 6.45) is 13.2. The molecular formula is C46H65NO8. The number of benzene rings is 3. The molecule has 5 atom stereocenters. The summed E-state index contributed by atoms with van der Waals surface area (Å²) >= 11 is 0. The summed E-state index contributed by atoms with van der Waals surface area (Å²) in [6, 6.07) is 29.0. The van der Waals surface area contributed by atoms with Crippen molar-refractivity contribution in [2.24, 2.45) is 0 Å². The molecule has 1 amide bonds. The van der Waals surface area contributed by atoms with Crippen molar-refractivity contribution in [3.8, 4) is 0 Å². The van der Waals surface area contributed by atoms with Crippen LogP contribution >= 0.6 is 0 Å². The second-order valence-corrected chi connectivity index (χ2v) is 14.6. The Morgan fingerprint density at radius 3 is 1.73 bits per heavy atom. The van der Waals surface area contributed by atoms with Crippen molar-refractivity contribution in [3.05, 3.63) is 108 Å². The topological polar surface area (TPSA) is 102 Å². The lowest BCUT2D eigenvalue weighted by molar-refractivity contribution is -0.279. The van der Waals surface area contributed by atoms with Crippen LogP contribution in [0.3, 0.4) is 0 Å². The maximum atomic E-state index is 12.9. The fourth-order valence-corrected chi connectivity index (χ4v) is 6.83. The molecule has 9 nitrogen and oxygen atoms in total. The van der Waals surface area contributed by atoms with Crippen molar-refractivity contribution in [1.82, 2.24) is 5.32 Å². The first-order valence-electron chi connectivity index (χ1n) is 20.6. The summed E-state index contributed by atoms with van der Waals surface area (Å²) in [6.45, 7) is 3.52. The van der Waals surface area contributed by atoms with Crippen LogP contribution in [0.5, 0.6) is 0 Å². The van der Waals surface area contributed by atoms with Gasteiger partial charge in [-0.2, -0.15) is 0 Å². The minimum Gasteiger partial charge on any atom is -0.467 e. The van der Waals surface area contributed by atoms with Crippen LogP contribution in [-0.4, -0.2) is 62.8 Å². The van der Waals surface area contributed by atoms with E-state index in [1.165, 1.54) is 64.9 Å². The van der Waals surface area contributed by atoms with Crippen molar-refractivity contribution in [2.45, 2.75) is 147 Å². The number of carbonyl (C=O) groups excluding carboxylic acids is 2. The van der Waals surface area contributed by atoms with Gasteiger partial charge in [0.2, 0.25) is 5.91 Å². The van der Waals surface area contributed by atoms with E-state index in [2.05, 4.69) is 12.2 Å². The lowest BCUT2D eigenvalue weighted by atomic mass is 10.0. The highest BCUT2D eigenvalue weighted by molar-refractivity contribution is 5.84. The quantitative estimate of drug-likeness (QED) is 0.0578. The number of hydrogen-bond donors (Lipinski definition) is 1. The number of ether oxygens (including phenoxy) is 6. The molecule has 0 saturated carbocycles. The van der Waals surface area contributed by atoms with Gasteiger partial charge in [0, 0.05) is 12.8 Å². The predicted molar refractivity (Wildman–Crippen MR) is 215 cm³/mol. The Balaban J connectivity index is 1.32. The molecule has 302 valence electrons. The molecule has 1 aliphatic rings. The maximum absolute atomic E-state index is 12.9. The van der Waals surface area contributed by atoms with Crippen LogP contribution in [0.4, 0.5) is 0 Å². The SMILES string of the molecule is CCCCCCCCCCCCCCC(=O)N[C@@H](CO[C@@H]1C[C@@H](OCc2ccccc2)[C@@H](OCc2ccccc2)[C@@H](COCc2ccccc2)O1)C(=O)OC. The largest absolute Gasteiger partial charge is 0.467 e. The third kappa shape index (κ3) is 17.8. The van der Waals surface area contributed by atoms with Crippen molar-refractivity contribution >= 4 is 11.9 Å². The highest BCUT2D eigenvalue weighted by Crippen LogP contribution is 2.29. The molecule has 1 fully saturated rings. The second kappa shape index (κ2) is 27.1. The van der Waals surface area contributed by atoms with Gasteiger partial charge in [-0.1, -0.05) is 169 Å². The van der Waals surface area contributed by atoms with E-state index in [-0.39, 0.29) is 19.1 Å². The number of methoxy groups -OCH3 is 1. The molecule has 1 heterocycles. The van der Waals surface area contributed by atoms with Gasteiger partial charge in [-0.15, -0.1) is 0 Å². The Labute approximate surface area is 329 Å². The zero-order valence-electron chi connectivity index (χ0n) is 33.2. The van der Waals surface area contributed by atoms with Crippen LogP contribution in [0.25, 0.3) is 0 Å². The lowest BCUT2D eigenvalue weighted by Gasteiger charge is -2.41. The van der Waals surface area contributed by atoms with Gasteiger partial charge in [0.05, 0.1) is 46.2 Å². The van der Waals surface area contributed by atoms with Crippen molar-refractivity contribution < 1.29 is 38.0 Å². The van der Waals surface area contributed by atoms with Crippen molar-refractivity contribution in [2.75, 3.05) is 20.3 Å². The highest BCUT2D eigenvalue weighted by atomic mass is 16.7. The van der Waals surface area contributed by atoms with E-state index in [1.54, 1.807) is 0 Å². The number of esters is 1. The van der Waals surface area contributed by atoms with Gasteiger partial charge in [-0.3, -0.25) is 4.79 Å². The molecule has 55 heavy (non-hydrogen) atoms. The zero-order valence-corrected chi connectivity index (χ0v) is 33.2. The third-order valence-electron chi connectivity index (χ3n) is 10.00. The van der Waals surface area contributed by atoms with E-state index >= 15 is 0 Å². The summed E-state index contributed by atoms with van der Waals surface area (Å²) in [5.41, 5.74) is 3.11. The van der Waals surface area contributed by atoms with E-state index in [1.807, 2.05) is 91.0 Å². The minimum atomic E-state index is -0.970. The summed E-state index contributed by atoms with van der Waals surface area (Å²) in [7, 11) is 1.31. The monoisotopic (exact) mass is 759 g/mol. The van der Waals surface area contributed by atoms with Crippen LogP contribution in [0.15, 0.2) is 91.0 Å². The van der Waals surface area contributed by atoms with Crippen LogP contribution < -0.4 is 5.32 Å². The molecule has 9 heteroatoms. The van der Waals surface area contributed by atoms with Gasteiger partial charge in [0.15, 0.2) is 12.3 Å². The van der Waals surface area contributed by atoms with Crippen molar-refractivity contribution in [3.63, 3.8) is 0 Å². The van der Waals surface area contributed by atoms with Crippen LogP contribution in [0.1, 0.15) is 114 Å². The van der Waals surface area contributed by atoms with E-state index in [4.69, 9.17) is 28.4 Å². The number of rotatable bonds is 28. The molecule has 0 aliphatic carbocycles. The van der Waals surface area contributed by atoms with Gasteiger partial charge in [-0.05, 0) is 23.1 Å². The fourth-order valence-electron chi connectivity index (χ4n) is 6.83. The Morgan fingerprint density at radius 2 is 1.18 bits per heavy atom. The Bertz CT molecular complexity index is 1430. The number of amides is 1. The number of carbonyl (C=O) groups is 2. The van der Waals surface area contributed by atoms with Crippen LogP contribution in [0.2, 0.25) is 0 Å². The number of hydrogen-bond acceptors (Lipinski definition) is 8. The number of nitrogens with one attached hydrogen (secondary N) is 1. The zero-order chi connectivity index (χ0) is 38.8. The minimum absolute atomic E-state index is 0.111. The molecule has 1 aliphatic heterocycles. The molecular weight excluding hydrogens is 695 g/mol.